The van der Waals surface area contributed by atoms with Gasteiger partial charge in [-0.25, -0.2) is 8.42 Å². The molecule has 0 atom stereocenters. The summed E-state index contributed by atoms with van der Waals surface area (Å²) in [4.78, 5) is 15.2. The third-order valence-electron chi connectivity index (χ3n) is 2.78. The summed E-state index contributed by atoms with van der Waals surface area (Å²) < 4.78 is 26.1. The van der Waals surface area contributed by atoms with Crippen molar-refractivity contribution in [3.63, 3.8) is 0 Å². The third kappa shape index (κ3) is 2.83. The maximum atomic E-state index is 12.5. The van der Waals surface area contributed by atoms with Crippen LogP contribution in [-0.4, -0.2) is 43.2 Å². The Morgan fingerprint density at radius 3 is 3.00 bits per heavy atom. The van der Waals surface area contributed by atoms with Gasteiger partial charge in [0.15, 0.2) is 0 Å². The van der Waals surface area contributed by atoms with Crippen molar-refractivity contribution in [2.45, 2.75) is 11.3 Å². The Bertz CT molecular complexity index is 574. The van der Waals surface area contributed by atoms with Gasteiger partial charge in [-0.1, -0.05) is 0 Å². The first-order valence-electron chi connectivity index (χ1n) is 5.73. The number of hydrazine groups is 1. The van der Waals surface area contributed by atoms with Gasteiger partial charge in [0.25, 0.3) is 0 Å². The van der Waals surface area contributed by atoms with E-state index in [0.717, 1.165) is 4.31 Å². The standard InChI is InChI=1S/C10H15N5O3S/c11-14-8-2-4-12-6-9(8)19(17,18)15-5-1-3-13-10(16)7-15/h2,4,6H,1,3,5,7,11H2,(H,12,14)(H,13,16). The smallest absolute Gasteiger partial charge is 0.247 e. The van der Waals surface area contributed by atoms with Gasteiger partial charge >= 0.3 is 0 Å². The molecule has 19 heavy (non-hydrogen) atoms. The molecule has 104 valence electrons. The lowest BCUT2D eigenvalue weighted by Crippen LogP contribution is -2.37. The van der Waals surface area contributed by atoms with Crippen molar-refractivity contribution >= 4 is 21.6 Å². The van der Waals surface area contributed by atoms with Crippen LogP contribution in [0.3, 0.4) is 0 Å². The number of carbonyl (C=O) groups excluding carboxylic acids is 1. The lowest BCUT2D eigenvalue weighted by molar-refractivity contribution is -0.120. The number of rotatable bonds is 3. The molecule has 0 aromatic carbocycles. The minimum atomic E-state index is -3.79. The average Bonchev–Trinajstić information content (AvgIpc) is 2.64. The van der Waals surface area contributed by atoms with Crippen LogP contribution < -0.4 is 16.6 Å². The van der Waals surface area contributed by atoms with E-state index < -0.39 is 10.0 Å². The number of nitrogen functional groups attached to an aromatic ring is 1. The maximum absolute atomic E-state index is 12.5. The molecule has 0 saturated carbocycles. The normalized spacial score (nSPS) is 17.6. The molecule has 0 unspecified atom stereocenters. The van der Waals surface area contributed by atoms with Gasteiger partial charge in [0.2, 0.25) is 15.9 Å². The van der Waals surface area contributed by atoms with Gasteiger partial charge in [-0.2, -0.15) is 4.31 Å². The van der Waals surface area contributed by atoms with Crippen LogP contribution in [0.5, 0.6) is 0 Å². The van der Waals surface area contributed by atoms with Crippen LogP contribution >= 0.6 is 0 Å². The van der Waals surface area contributed by atoms with Crippen molar-refractivity contribution in [3.05, 3.63) is 18.5 Å². The zero-order chi connectivity index (χ0) is 13.9. The topological polar surface area (TPSA) is 117 Å². The second-order valence-electron chi connectivity index (χ2n) is 4.06. The molecule has 1 saturated heterocycles. The van der Waals surface area contributed by atoms with E-state index in [1.807, 2.05) is 0 Å². The van der Waals surface area contributed by atoms with Crippen LogP contribution in [0, 0.1) is 0 Å². The van der Waals surface area contributed by atoms with Crippen LogP contribution in [0.15, 0.2) is 23.4 Å². The number of hydrogen-bond donors (Lipinski definition) is 3. The van der Waals surface area contributed by atoms with Crippen molar-refractivity contribution in [2.24, 2.45) is 5.84 Å². The van der Waals surface area contributed by atoms with E-state index >= 15 is 0 Å². The van der Waals surface area contributed by atoms with Crippen LogP contribution in [0.25, 0.3) is 0 Å². The maximum Gasteiger partial charge on any atom is 0.247 e. The highest BCUT2D eigenvalue weighted by Crippen LogP contribution is 2.23. The fourth-order valence-electron chi connectivity index (χ4n) is 1.83. The quantitative estimate of drug-likeness (QED) is 0.478. The summed E-state index contributed by atoms with van der Waals surface area (Å²) in [6.07, 6.45) is 3.22. The molecule has 0 aliphatic carbocycles. The molecule has 8 nitrogen and oxygen atoms in total. The molecule has 0 spiro atoms. The molecule has 1 aliphatic heterocycles. The SMILES string of the molecule is NNc1ccncc1S(=O)(=O)N1CCCNC(=O)C1. The van der Waals surface area contributed by atoms with Gasteiger partial charge < -0.3 is 10.7 Å². The second kappa shape index (κ2) is 5.51. The summed E-state index contributed by atoms with van der Waals surface area (Å²) >= 11 is 0. The Morgan fingerprint density at radius 2 is 2.26 bits per heavy atom. The Labute approximate surface area is 111 Å². The summed E-state index contributed by atoms with van der Waals surface area (Å²) in [7, 11) is -3.79. The third-order valence-corrected chi connectivity index (χ3v) is 4.66. The molecule has 1 aromatic rings. The van der Waals surface area contributed by atoms with Gasteiger partial charge in [-0.05, 0) is 12.5 Å². The first kappa shape index (κ1) is 13.7. The minimum absolute atomic E-state index is 0.0350. The van der Waals surface area contributed by atoms with E-state index in [2.05, 4.69) is 15.7 Å². The zero-order valence-corrected chi connectivity index (χ0v) is 11.0. The number of sulfonamides is 1. The van der Waals surface area contributed by atoms with Crippen molar-refractivity contribution < 1.29 is 13.2 Å². The predicted molar refractivity (Wildman–Crippen MR) is 68.4 cm³/mol. The molecule has 1 fully saturated rings. The number of hydrogen-bond acceptors (Lipinski definition) is 6. The average molecular weight is 285 g/mol. The summed E-state index contributed by atoms with van der Waals surface area (Å²) in [6.45, 7) is 0.557. The number of aromatic nitrogens is 1. The van der Waals surface area contributed by atoms with E-state index in [9.17, 15) is 13.2 Å². The molecule has 2 rings (SSSR count). The van der Waals surface area contributed by atoms with Gasteiger partial charge in [-0.15, -0.1) is 0 Å². The van der Waals surface area contributed by atoms with Crippen LogP contribution in [0.1, 0.15) is 6.42 Å². The number of carbonyl (C=O) groups is 1. The molecule has 1 amide bonds. The summed E-state index contributed by atoms with van der Waals surface area (Å²) in [5, 5.41) is 2.63. The van der Waals surface area contributed by atoms with Crippen molar-refractivity contribution in [1.82, 2.24) is 14.6 Å². The van der Waals surface area contributed by atoms with E-state index in [4.69, 9.17) is 5.84 Å². The lowest BCUT2D eigenvalue weighted by Gasteiger charge is -2.20. The van der Waals surface area contributed by atoms with Gasteiger partial charge in [0, 0.05) is 25.5 Å². The van der Waals surface area contributed by atoms with E-state index in [0.29, 0.717) is 13.0 Å². The number of pyridine rings is 1. The fraction of sp³-hybridized carbons (Fsp3) is 0.400. The van der Waals surface area contributed by atoms with E-state index in [1.54, 1.807) is 0 Å². The monoisotopic (exact) mass is 285 g/mol. The molecule has 0 bridgehead atoms. The molecule has 1 aromatic heterocycles. The van der Waals surface area contributed by atoms with Crippen molar-refractivity contribution in [3.8, 4) is 0 Å². The highest BCUT2D eigenvalue weighted by Gasteiger charge is 2.30. The van der Waals surface area contributed by atoms with Gasteiger partial charge in [0.1, 0.15) is 4.90 Å². The fourth-order valence-corrected chi connectivity index (χ4v) is 3.36. The number of nitrogens with two attached hydrogens (primary N) is 1. The number of nitrogens with zero attached hydrogens (tertiary/aromatic N) is 2. The highest BCUT2D eigenvalue weighted by atomic mass is 32.2. The Hall–Kier alpha value is -1.71. The summed E-state index contributed by atoms with van der Waals surface area (Å²) in [6, 6.07) is 1.46. The second-order valence-corrected chi connectivity index (χ2v) is 5.96. The van der Waals surface area contributed by atoms with Crippen LogP contribution in [0.4, 0.5) is 5.69 Å². The van der Waals surface area contributed by atoms with Crippen molar-refractivity contribution in [1.29, 1.82) is 0 Å². The highest BCUT2D eigenvalue weighted by molar-refractivity contribution is 7.89. The number of amides is 1. The van der Waals surface area contributed by atoms with Crippen LogP contribution in [0.2, 0.25) is 0 Å². The first-order chi connectivity index (χ1) is 9.05. The predicted octanol–water partition coefficient (Wildman–Crippen LogP) is -1.12. The first-order valence-corrected chi connectivity index (χ1v) is 7.17. The van der Waals surface area contributed by atoms with E-state index in [-0.39, 0.29) is 29.6 Å². The Morgan fingerprint density at radius 1 is 1.47 bits per heavy atom. The molecular weight excluding hydrogens is 270 g/mol. The van der Waals surface area contributed by atoms with Crippen LogP contribution in [-0.2, 0) is 14.8 Å². The van der Waals surface area contributed by atoms with Gasteiger partial charge in [0.05, 0.1) is 12.2 Å². The molecule has 9 heteroatoms. The molecule has 4 N–H and O–H groups in total. The Balaban J connectivity index is 2.38. The molecule has 1 aliphatic rings. The Kier molecular flexibility index (Phi) is 3.98. The minimum Gasteiger partial charge on any atom is -0.355 e. The van der Waals surface area contributed by atoms with Gasteiger partial charge in [-0.3, -0.25) is 15.6 Å². The summed E-state index contributed by atoms with van der Waals surface area (Å²) in [5.74, 6) is 4.98. The molecular formula is C10H15N5O3S. The lowest BCUT2D eigenvalue weighted by atomic mass is 10.4. The zero-order valence-electron chi connectivity index (χ0n) is 10.2. The van der Waals surface area contributed by atoms with Crippen molar-refractivity contribution in [2.75, 3.05) is 25.1 Å². The largest absolute Gasteiger partial charge is 0.355 e. The molecule has 2 heterocycles. The molecule has 0 radical (unpaired) electrons. The number of anilines is 1. The number of nitrogens with one attached hydrogen (secondary N) is 2. The summed E-state index contributed by atoms with van der Waals surface area (Å²) in [5.41, 5.74) is 2.57. The van der Waals surface area contributed by atoms with E-state index in [1.165, 1.54) is 18.5 Å².